The number of amides is 1. The lowest BCUT2D eigenvalue weighted by Gasteiger charge is -2.22. The number of phenols is 2. The van der Waals surface area contributed by atoms with Crippen LogP contribution in [0.1, 0.15) is 42.3 Å². The minimum atomic E-state index is -5.08. The molecule has 1 heterocycles. The fraction of sp³-hybridized carbons (Fsp3) is 0.500. The summed E-state index contributed by atoms with van der Waals surface area (Å²) in [6.07, 6.45) is -3.54. The number of nitrogens with zero attached hydrogens (tertiary/aromatic N) is 1. The highest BCUT2D eigenvalue weighted by Gasteiger charge is 2.38. The Morgan fingerprint density at radius 1 is 1.16 bits per heavy atom. The van der Waals surface area contributed by atoms with Gasteiger partial charge >= 0.3 is 24.1 Å². The van der Waals surface area contributed by atoms with Gasteiger partial charge in [0.05, 0.1) is 5.56 Å². The summed E-state index contributed by atoms with van der Waals surface area (Å²) in [6, 6.07) is -1.20. The lowest BCUT2D eigenvalue weighted by Crippen LogP contribution is -2.48. The highest BCUT2D eigenvalue weighted by molar-refractivity contribution is 7.98. The maximum Gasteiger partial charge on any atom is 0.490 e. The molecule has 0 radical (unpaired) electrons. The van der Waals surface area contributed by atoms with E-state index in [0.717, 1.165) is 17.8 Å². The molecule has 0 bridgehead atoms. The standard InChI is InChI=1S/C20H26N2O7S.C2HF3O2/c1-10-14(23)5-15(24)11-7-30-8-13(18(26)27)22-17(25)12(21-9-20(2,3)4)6-29-19(28)16(10)11;3-2(4,5)1(6)7/h5,9,12-13,23-24H,6-8H2,1-4H3,(H,22,25)(H,26,27);(H,6,7)/t12-,13-;/m0./s1. The molecule has 15 heteroatoms. The molecule has 0 aromatic heterocycles. The average molecular weight is 553 g/mol. The first-order chi connectivity index (χ1) is 16.8. The van der Waals surface area contributed by atoms with Gasteiger partial charge in [0.2, 0.25) is 5.91 Å². The van der Waals surface area contributed by atoms with Crippen LogP contribution in [-0.2, 0) is 24.9 Å². The number of halogens is 3. The molecule has 1 amide bonds. The van der Waals surface area contributed by atoms with Crippen LogP contribution in [0.4, 0.5) is 13.2 Å². The first-order valence-electron chi connectivity index (χ1n) is 10.5. The van der Waals surface area contributed by atoms with E-state index in [1.807, 2.05) is 20.8 Å². The summed E-state index contributed by atoms with van der Waals surface area (Å²) < 4.78 is 37.0. The number of thioether (sulfide) groups is 1. The van der Waals surface area contributed by atoms with Crippen molar-refractivity contribution in [3.63, 3.8) is 0 Å². The summed E-state index contributed by atoms with van der Waals surface area (Å²) in [5.74, 6) is -5.94. The Hall–Kier alpha value is -3.49. The Morgan fingerprint density at radius 2 is 1.73 bits per heavy atom. The monoisotopic (exact) mass is 552 g/mol. The zero-order chi connectivity index (χ0) is 28.7. The van der Waals surface area contributed by atoms with E-state index in [9.17, 15) is 42.9 Å². The van der Waals surface area contributed by atoms with Crippen LogP contribution in [0.25, 0.3) is 0 Å². The zero-order valence-electron chi connectivity index (χ0n) is 20.3. The minimum Gasteiger partial charge on any atom is -0.508 e. The predicted octanol–water partition coefficient (Wildman–Crippen LogP) is 2.50. The SMILES string of the molecule is Cc1c(O)cc(O)c2c1C(=O)OC[C@H](N=CC(C)(C)C)C(=O)N[C@H](C(=O)O)CSC2.O=C(O)C(F)(F)F. The second kappa shape index (κ2) is 12.7. The van der Waals surface area contributed by atoms with Gasteiger partial charge in [0.1, 0.15) is 24.1 Å². The molecule has 0 spiro atoms. The van der Waals surface area contributed by atoms with Crippen molar-refractivity contribution in [2.24, 2.45) is 10.4 Å². The lowest BCUT2D eigenvalue weighted by molar-refractivity contribution is -0.192. The molecular weight excluding hydrogens is 525 g/mol. The normalized spacial score (nSPS) is 19.3. The van der Waals surface area contributed by atoms with E-state index in [2.05, 4.69) is 10.3 Å². The van der Waals surface area contributed by atoms with Gasteiger partial charge in [-0.05, 0) is 12.3 Å². The Morgan fingerprint density at radius 3 is 2.22 bits per heavy atom. The molecule has 1 aromatic carbocycles. The fourth-order valence-electron chi connectivity index (χ4n) is 2.68. The number of hydrogen-bond acceptors (Lipinski definition) is 9. The lowest BCUT2D eigenvalue weighted by atomic mass is 9.99. The summed E-state index contributed by atoms with van der Waals surface area (Å²) in [5.41, 5.74) is 0.0912. The van der Waals surface area contributed by atoms with Gasteiger partial charge in [0.15, 0.2) is 6.04 Å². The molecule has 0 saturated heterocycles. The number of hydrogen-bond donors (Lipinski definition) is 5. The number of rotatable bonds is 2. The van der Waals surface area contributed by atoms with Gasteiger partial charge in [-0.2, -0.15) is 24.9 Å². The Kier molecular flexibility index (Phi) is 10.8. The van der Waals surface area contributed by atoms with Crippen LogP contribution in [0.2, 0.25) is 0 Å². The number of ether oxygens (including phenoxy) is 1. The van der Waals surface area contributed by atoms with Gasteiger partial charge in [0, 0.05) is 34.9 Å². The number of phenolic OH excluding ortho intramolecular Hbond substituents is 2. The molecule has 1 aliphatic rings. The van der Waals surface area contributed by atoms with Crippen molar-refractivity contribution in [2.45, 2.75) is 51.7 Å². The molecule has 0 aliphatic carbocycles. The first kappa shape index (κ1) is 31.5. The van der Waals surface area contributed by atoms with Crippen molar-refractivity contribution < 1.29 is 57.5 Å². The van der Waals surface area contributed by atoms with Crippen LogP contribution in [0, 0.1) is 12.3 Å². The number of carbonyl (C=O) groups excluding carboxylic acids is 2. The second-order valence-electron chi connectivity index (χ2n) is 8.87. The molecule has 37 heavy (non-hydrogen) atoms. The van der Waals surface area contributed by atoms with E-state index in [4.69, 9.17) is 14.6 Å². The summed E-state index contributed by atoms with van der Waals surface area (Å²) in [5, 5.41) is 39.2. The Labute approximate surface area is 213 Å². The number of cyclic esters (lactones) is 1. The van der Waals surface area contributed by atoms with Gasteiger partial charge in [-0.3, -0.25) is 9.79 Å². The van der Waals surface area contributed by atoms with Crippen LogP contribution in [0.3, 0.4) is 0 Å². The molecule has 5 N–H and O–H groups in total. The third-order valence-corrected chi connectivity index (χ3v) is 5.61. The van der Waals surface area contributed by atoms with Gasteiger partial charge in [-0.1, -0.05) is 20.8 Å². The number of aromatic hydroxyl groups is 2. The fourth-order valence-corrected chi connectivity index (χ4v) is 3.75. The molecule has 1 aromatic rings. The number of benzene rings is 1. The van der Waals surface area contributed by atoms with E-state index >= 15 is 0 Å². The predicted molar refractivity (Wildman–Crippen MR) is 126 cm³/mol. The molecule has 0 unspecified atom stereocenters. The number of aliphatic carboxylic acids is 2. The van der Waals surface area contributed by atoms with E-state index in [0.29, 0.717) is 0 Å². The number of nitrogens with one attached hydrogen (secondary N) is 1. The molecule has 11 nitrogen and oxygen atoms in total. The number of esters is 1. The highest BCUT2D eigenvalue weighted by atomic mass is 32.2. The number of alkyl halides is 3. The van der Waals surface area contributed by atoms with Gasteiger partial charge in [-0.15, -0.1) is 0 Å². The molecule has 2 atom stereocenters. The Balaban J connectivity index is 0.000000856. The van der Waals surface area contributed by atoms with E-state index in [1.165, 1.54) is 6.92 Å². The highest BCUT2D eigenvalue weighted by Crippen LogP contribution is 2.35. The Bertz CT molecular complexity index is 1070. The third-order valence-electron chi connectivity index (χ3n) is 4.55. The van der Waals surface area contributed by atoms with Crippen LogP contribution in [-0.4, -0.2) is 81.1 Å². The summed E-state index contributed by atoms with van der Waals surface area (Å²) in [4.78, 5) is 50.0. The largest absolute Gasteiger partial charge is 0.508 e. The smallest absolute Gasteiger partial charge is 0.490 e. The van der Waals surface area contributed by atoms with Crippen molar-refractivity contribution in [3.05, 3.63) is 22.8 Å². The first-order valence-corrected chi connectivity index (χ1v) is 11.7. The topological polar surface area (TPSA) is 183 Å². The van der Waals surface area contributed by atoms with Crippen molar-refractivity contribution in [1.82, 2.24) is 5.32 Å². The van der Waals surface area contributed by atoms with Crippen LogP contribution >= 0.6 is 11.8 Å². The van der Waals surface area contributed by atoms with Crippen LogP contribution in [0.5, 0.6) is 11.5 Å². The number of aliphatic imine (C=N–C) groups is 1. The van der Waals surface area contributed by atoms with Crippen molar-refractivity contribution in [2.75, 3.05) is 12.4 Å². The quantitative estimate of drug-likeness (QED) is 0.270. The molecule has 0 saturated carbocycles. The van der Waals surface area contributed by atoms with Gasteiger partial charge in [0.25, 0.3) is 0 Å². The van der Waals surface area contributed by atoms with Crippen molar-refractivity contribution in [3.8, 4) is 11.5 Å². The number of fused-ring (bicyclic) bond motifs is 1. The number of carboxylic acids is 2. The number of carboxylic acid groups (broad SMARTS) is 2. The van der Waals surface area contributed by atoms with Gasteiger partial charge in [-0.25, -0.2) is 14.4 Å². The molecule has 1 aliphatic heterocycles. The second-order valence-corrected chi connectivity index (χ2v) is 9.90. The molecule has 0 fully saturated rings. The maximum atomic E-state index is 12.7. The van der Waals surface area contributed by atoms with E-state index in [1.54, 1.807) is 6.21 Å². The third kappa shape index (κ3) is 9.82. The summed E-state index contributed by atoms with van der Waals surface area (Å²) in [6.45, 7) is 6.70. The van der Waals surface area contributed by atoms with Crippen molar-refractivity contribution in [1.29, 1.82) is 0 Å². The van der Waals surface area contributed by atoms with Crippen molar-refractivity contribution >= 4 is 41.8 Å². The van der Waals surface area contributed by atoms with Crippen LogP contribution < -0.4 is 5.32 Å². The van der Waals surface area contributed by atoms with E-state index < -0.39 is 48.7 Å². The average Bonchev–Trinajstić information content (AvgIpc) is 2.74. The summed E-state index contributed by atoms with van der Waals surface area (Å²) in [7, 11) is 0. The van der Waals surface area contributed by atoms with E-state index in [-0.39, 0.29) is 45.1 Å². The summed E-state index contributed by atoms with van der Waals surface area (Å²) >= 11 is 1.12. The minimum absolute atomic E-state index is 0.00459. The number of carbonyl (C=O) groups is 4. The molecular formula is C22H27F3N2O9S. The maximum absolute atomic E-state index is 12.7. The zero-order valence-corrected chi connectivity index (χ0v) is 21.1. The molecule has 2 rings (SSSR count). The molecule has 206 valence electrons. The van der Waals surface area contributed by atoms with Gasteiger partial charge < -0.3 is 30.5 Å². The van der Waals surface area contributed by atoms with Crippen LogP contribution in [0.15, 0.2) is 11.1 Å².